The second kappa shape index (κ2) is 13.2. The maximum absolute atomic E-state index is 12.6. The largest absolute Gasteiger partial charge is 0.779 e. The van der Waals surface area contributed by atoms with E-state index in [1.807, 2.05) is 0 Å². The molecule has 0 aliphatic carbocycles. The molecule has 0 fully saturated rings. The SMILES string of the molecule is CC(C)[C@H]([NH3+])C(=O)N[C@@H](CCC[NH+]=C(N)N)C(=O)NC(CC(O)CP(=O)([O-])O)C(=O)[O-]. The average Bonchev–Trinajstić information content (AvgIpc) is 2.60. The Kier molecular flexibility index (Phi) is 12.3. The summed E-state index contributed by atoms with van der Waals surface area (Å²) in [4.78, 5) is 58.5. The van der Waals surface area contributed by atoms with E-state index in [1.165, 1.54) is 0 Å². The van der Waals surface area contributed by atoms with E-state index >= 15 is 0 Å². The number of quaternary nitrogens is 1. The monoisotopic (exact) mass is 468 g/mol. The molecule has 180 valence electrons. The Bertz CT molecular complexity index is 694. The van der Waals surface area contributed by atoms with Crippen LogP contribution < -0.4 is 42.8 Å². The van der Waals surface area contributed by atoms with Crippen LogP contribution in [0.25, 0.3) is 0 Å². The van der Waals surface area contributed by atoms with Gasteiger partial charge in [0.05, 0.1) is 24.7 Å². The zero-order valence-electron chi connectivity index (χ0n) is 17.6. The van der Waals surface area contributed by atoms with Crippen molar-refractivity contribution in [3.63, 3.8) is 0 Å². The molecule has 0 aromatic carbocycles. The fourth-order valence-electron chi connectivity index (χ4n) is 2.49. The summed E-state index contributed by atoms with van der Waals surface area (Å²) in [5.41, 5.74) is 14.3. The van der Waals surface area contributed by atoms with Gasteiger partial charge in [0, 0.05) is 12.1 Å². The molecule has 0 radical (unpaired) electrons. The lowest BCUT2D eigenvalue weighted by molar-refractivity contribution is -0.459. The van der Waals surface area contributed by atoms with Crippen molar-refractivity contribution in [1.29, 1.82) is 0 Å². The number of aliphatic hydroxyl groups is 1. The average molecular weight is 468 g/mol. The lowest BCUT2D eigenvalue weighted by Crippen LogP contribution is -2.78. The number of rotatable bonds is 14. The van der Waals surface area contributed by atoms with Crippen molar-refractivity contribution in [3.05, 3.63) is 0 Å². The molecule has 15 heteroatoms. The highest BCUT2D eigenvalue weighted by atomic mass is 31.2. The van der Waals surface area contributed by atoms with Gasteiger partial charge in [-0.25, -0.2) is 0 Å². The number of aliphatic hydroxyl groups excluding tert-OH is 1. The number of aliphatic carboxylic acids is 1. The van der Waals surface area contributed by atoms with Crippen molar-refractivity contribution in [3.8, 4) is 0 Å². The van der Waals surface area contributed by atoms with Crippen molar-refractivity contribution >= 4 is 31.3 Å². The van der Waals surface area contributed by atoms with Gasteiger partial charge in [-0.3, -0.25) is 26.0 Å². The summed E-state index contributed by atoms with van der Waals surface area (Å²) in [6.45, 7) is 3.80. The number of carboxylic acids is 1. The summed E-state index contributed by atoms with van der Waals surface area (Å²) >= 11 is 0. The third kappa shape index (κ3) is 12.9. The molecule has 0 rings (SSSR count). The Morgan fingerprint density at radius 2 is 1.71 bits per heavy atom. The van der Waals surface area contributed by atoms with E-state index in [-0.39, 0.29) is 24.8 Å². The van der Waals surface area contributed by atoms with Gasteiger partial charge in [0.2, 0.25) is 5.91 Å². The van der Waals surface area contributed by atoms with Gasteiger partial charge >= 0.3 is 5.96 Å². The van der Waals surface area contributed by atoms with Crippen LogP contribution in [0.4, 0.5) is 0 Å². The van der Waals surface area contributed by atoms with Crippen LogP contribution in [-0.4, -0.2) is 70.7 Å². The van der Waals surface area contributed by atoms with Crippen molar-refractivity contribution < 1.29 is 49.7 Å². The molecule has 2 amide bonds. The smallest absolute Gasteiger partial charge is 0.338 e. The fraction of sp³-hybridized carbons (Fsp3) is 0.750. The Morgan fingerprint density at radius 3 is 2.16 bits per heavy atom. The van der Waals surface area contributed by atoms with Crippen LogP contribution in [0.15, 0.2) is 0 Å². The normalized spacial score (nSPS) is 17.0. The fourth-order valence-corrected chi connectivity index (χ4v) is 3.17. The first-order valence-corrected chi connectivity index (χ1v) is 11.4. The lowest BCUT2D eigenvalue weighted by Gasteiger charge is -2.27. The molecule has 0 bridgehead atoms. The first-order valence-electron chi connectivity index (χ1n) is 9.61. The molecule has 14 nitrogen and oxygen atoms in total. The van der Waals surface area contributed by atoms with E-state index in [9.17, 15) is 34.1 Å². The molecule has 0 spiro atoms. The summed E-state index contributed by atoms with van der Waals surface area (Å²) in [7, 11) is -4.85. The second-order valence-electron chi connectivity index (χ2n) is 7.53. The quantitative estimate of drug-likeness (QED) is 0.0516. The molecule has 0 aliphatic rings. The maximum Gasteiger partial charge on any atom is 0.338 e. The Balaban J connectivity index is 5.29. The van der Waals surface area contributed by atoms with E-state index < -0.39 is 62.2 Å². The predicted molar refractivity (Wildman–Crippen MR) is 104 cm³/mol. The molecule has 0 aromatic heterocycles. The minimum absolute atomic E-state index is 0.0341. The van der Waals surface area contributed by atoms with Crippen LogP contribution in [0.2, 0.25) is 0 Å². The Hall–Kier alpha value is -2.25. The molecule has 3 unspecified atom stereocenters. The summed E-state index contributed by atoms with van der Waals surface area (Å²) < 4.78 is 10.9. The van der Waals surface area contributed by atoms with Crippen LogP contribution in [0.3, 0.4) is 0 Å². The van der Waals surface area contributed by atoms with Crippen LogP contribution in [-0.2, 0) is 18.9 Å². The molecule has 0 aliphatic heterocycles. The molecular formula is C16H33N6O8P. The number of amides is 2. The van der Waals surface area contributed by atoms with Gasteiger partial charge in [-0.15, -0.1) is 0 Å². The highest BCUT2D eigenvalue weighted by molar-refractivity contribution is 7.50. The molecule has 5 atom stereocenters. The first kappa shape index (κ1) is 28.8. The number of hydrogen-bond donors (Lipinski definition) is 8. The van der Waals surface area contributed by atoms with Gasteiger partial charge in [0.25, 0.3) is 5.91 Å². The zero-order chi connectivity index (χ0) is 24.4. The van der Waals surface area contributed by atoms with Crippen LogP contribution in [0, 0.1) is 5.92 Å². The van der Waals surface area contributed by atoms with Gasteiger partial charge in [-0.2, -0.15) is 0 Å². The summed E-state index contributed by atoms with van der Waals surface area (Å²) in [5, 5.41) is 25.6. The maximum atomic E-state index is 12.6. The third-order valence-electron chi connectivity index (χ3n) is 4.32. The Morgan fingerprint density at radius 1 is 1.16 bits per heavy atom. The predicted octanol–water partition coefficient (Wildman–Crippen LogP) is -7.60. The van der Waals surface area contributed by atoms with E-state index in [0.717, 1.165) is 0 Å². The van der Waals surface area contributed by atoms with Crippen molar-refractivity contribution in [2.75, 3.05) is 12.7 Å². The number of carbonyl (C=O) groups excluding carboxylic acids is 3. The number of hydrogen-bond acceptors (Lipinski definition) is 7. The highest BCUT2D eigenvalue weighted by Gasteiger charge is 2.29. The van der Waals surface area contributed by atoms with Gasteiger partial charge in [0.1, 0.15) is 13.6 Å². The minimum atomic E-state index is -4.85. The first-order chi connectivity index (χ1) is 14.1. The molecule has 0 saturated carbocycles. The molecule has 0 aromatic rings. The summed E-state index contributed by atoms with van der Waals surface area (Å²) in [6.07, 6.45) is -3.18. The lowest BCUT2D eigenvalue weighted by atomic mass is 10.0. The highest BCUT2D eigenvalue weighted by Crippen LogP contribution is 2.30. The molecule has 0 saturated heterocycles. The topological polar surface area (TPSA) is 273 Å². The summed E-state index contributed by atoms with van der Waals surface area (Å²) in [6, 6.07) is -3.59. The van der Waals surface area contributed by atoms with Gasteiger partial charge < -0.3 is 45.7 Å². The number of carboxylic acid groups (broad SMARTS) is 1. The van der Waals surface area contributed by atoms with E-state index in [2.05, 4.69) is 21.4 Å². The third-order valence-corrected chi connectivity index (χ3v) is 5.21. The van der Waals surface area contributed by atoms with E-state index in [0.29, 0.717) is 6.42 Å². The minimum Gasteiger partial charge on any atom is -0.779 e. The van der Waals surface area contributed by atoms with Crippen LogP contribution in [0.1, 0.15) is 33.1 Å². The summed E-state index contributed by atoms with van der Waals surface area (Å²) in [5.74, 6) is -3.34. The molecule has 0 heterocycles. The van der Waals surface area contributed by atoms with Gasteiger partial charge in [-0.05, 0) is 19.3 Å². The van der Waals surface area contributed by atoms with Crippen molar-refractivity contribution in [1.82, 2.24) is 10.6 Å². The second-order valence-corrected chi connectivity index (χ2v) is 9.17. The number of nitrogens with two attached hydrogens (primary N) is 2. The molecule has 31 heavy (non-hydrogen) atoms. The van der Waals surface area contributed by atoms with E-state index in [1.54, 1.807) is 13.8 Å². The Labute approximate surface area is 179 Å². The molecular weight excluding hydrogens is 435 g/mol. The van der Waals surface area contributed by atoms with Crippen LogP contribution >= 0.6 is 7.60 Å². The van der Waals surface area contributed by atoms with Gasteiger partial charge in [-0.1, -0.05) is 13.8 Å². The van der Waals surface area contributed by atoms with Crippen LogP contribution in [0.5, 0.6) is 0 Å². The van der Waals surface area contributed by atoms with Crippen molar-refractivity contribution in [2.24, 2.45) is 17.4 Å². The number of carbonyl (C=O) groups is 3. The molecule has 12 N–H and O–H groups in total. The van der Waals surface area contributed by atoms with E-state index in [4.69, 9.17) is 16.4 Å². The zero-order valence-corrected chi connectivity index (χ0v) is 18.5. The van der Waals surface area contributed by atoms with Crippen molar-refractivity contribution in [2.45, 2.75) is 57.3 Å². The van der Waals surface area contributed by atoms with Gasteiger partial charge in [0.15, 0.2) is 6.04 Å². The standard InChI is InChI=1S/C16H33N6O8P/c1-8(2)12(17)14(25)21-10(4-3-5-20-16(18)19)13(24)22-11(15(26)27)6-9(23)7-31(28,29)30/h8-12,23H,3-7,17H2,1-2H3,(H,21,25)(H,22,24)(H,26,27)(H4,18,19,20)(H2,28,29,30)/t9?,10-,11?,12-/m0/s1. The number of nitrogens with one attached hydrogen (secondary N) is 3. The number of guanidine groups is 1.